The molecule has 0 unspecified atom stereocenters. The highest BCUT2D eigenvalue weighted by atomic mass is 32.2. The summed E-state index contributed by atoms with van der Waals surface area (Å²) in [6.45, 7) is 0. The number of rotatable bonds is 4. The molecule has 1 aromatic rings. The highest BCUT2D eigenvalue weighted by Crippen LogP contribution is 2.53. The minimum absolute atomic E-state index is 0.0711. The molecular weight excluding hydrogens is 368 g/mol. The van der Waals surface area contributed by atoms with Gasteiger partial charge >= 0.3 is 0 Å². The van der Waals surface area contributed by atoms with Crippen LogP contribution in [0.2, 0.25) is 0 Å². The Kier molecular flexibility index (Phi) is 5.71. The van der Waals surface area contributed by atoms with Crippen molar-refractivity contribution in [3.63, 3.8) is 0 Å². The molecule has 0 bridgehead atoms. The Morgan fingerprint density at radius 2 is 1.78 bits per heavy atom. The molecule has 2 aliphatic rings. The first-order valence-corrected chi connectivity index (χ1v) is 9.90. The lowest BCUT2D eigenvalue weighted by Gasteiger charge is -1.99. The van der Waals surface area contributed by atoms with Crippen LogP contribution in [0.4, 0.5) is 11.4 Å². The molecule has 0 saturated carbocycles. The minimum Gasteiger partial charge on any atom is -0.258 e. The molecule has 0 saturated heterocycles. The van der Waals surface area contributed by atoms with Gasteiger partial charge in [-0.15, -0.1) is 0 Å². The second-order valence-corrected chi connectivity index (χ2v) is 8.55. The van der Waals surface area contributed by atoms with Crippen LogP contribution < -0.4 is 0 Å². The van der Waals surface area contributed by atoms with Gasteiger partial charge in [-0.05, 0) is 40.5 Å². The van der Waals surface area contributed by atoms with Crippen LogP contribution in [0.15, 0.2) is 71.0 Å². The van der Waals surface area contributed by atoms with Crippen LogP contribution in [0.5, 0.6) is 0 Å². The van der Waals surface area contributed by atoms with E-state index in [0.717, 1.165) is 0 Å². The Labute approximate surface area is 150 Å². The lowest BCUT2D eigenvalue weighted by molar-refractivity contribution is -0.384. The molecule has 0 aliphatic carbocycles. The maximum absolute atomic E-state index is 10.6. The van der Waals surface area contributed by atoms with Crippen molar-refractivity contribution in [3.8, 4) is 0 Å². The molecule has 23 heavy (non-hydrogen) atoms. The van der Waals surface area contributed by atoms with Gasteiger partial charge < -0.3 is 0 Å². The first-order valence-electron chi connectivity index (χ1n) is 6.45. The van der Waals surface area contributed by atoms with E-state index in [2.05, 4.69) is 21.2 Å². The lowest BCUT2D eigenvalue weighted by atomic mass is 10.3. The van der Waals surface area contributed by atoms with Crippen molar-refractivity contribution in [2.75, 3.05) is 0 Å². The van der Waals surface area contributed by atoms with E-state index in [1.165, 1.54) is 25.5 Å². The fourth-order valence-electron chi connectivity index (χ4n) is 1.66. The highest BCUT2D eigenvalue weighted by molar-refractivity contribution is 8.33. The Hall–Kier alpha value is -1.35. The SMILES string of the molecule is O=[N+]([O-])c1ccc(N=C/C=C/C2=CSC(=C3SC=CS3)S2)cc1. The van der Waals surface area contributed by atoms with Crippen LogP contribution in [0.3, 0.4) is 0 Å². The molecule has 0 spiro atoms. The summed E-state index contributed by atoms with van der Waals surface area (Å²) >= 11 is 7.02. The molecule has 0 aromatic heterocycles. The predicted molar refractivity (Wildman–Crippen MR) is 105 cm³/mol. The Balaban J connectivity index is 1.55. The number of thioether (sulfide) groups is 4. The van der Waals surface area contributed by atoms with Crippen molar-refractivity contribution in [1.82, 2.24) is 0 Å². The Bertz CT molecular complexity index is 754. The topological polar surface area (TPSA) is 55.5 Å². The van der Waals surface area contributed by atoms with Crippen molar-refractivity contribution in [3.05, 3.63) is 76.1 Å². The number of nitrogens with zero attached hydrogens (tertiary/aromatic N) is 2. The van der Waals surface area contributed by atoms with Gasteiger partial charge in [0.1, 0.15) is 0 Å². The average molecular weight is 379 g/mol. The number of nitro benzene ring substituents is 1. The van der Waals surface area contributed by atoms with Gasteiger partial charge in [-0.2, -0.15) is 0 Å². The third-order valence-corrected chi connectivity index (χ3v) is 7.70. The van der Waals surface area contributed by atoms with E-state index in [0.29, 0.717) is 5.69 Å². The number of non-ortho nitro benzene ring substituents is 1. The third kappa shape index (κ3) is 4.57. The normalized spacial score (nSPS) is 17.7. The molecule has 116 valence electrons. The van der Waals surface area contributed by atoms with E-state index in [1.54, 1.807) is 65.4 Å². The van der Waals surface area contributed by atoms with Crippen molar-refractivity contribution in [1.29, 1.82) is 0 Å². The molecule has 2 aliphatic heterocycles. The largest absolute Gasteiger partial charge is 0.269 e. The number of nitro groups is 1. The molecular formula is C15H10N2O2S4. The summed E-state index contributed by atoms with van der Waals surface area (Å²) < 4.78 is 2.65. The summed E-state index contributed by atoms with van der Waals surface area (Å²) in [5.74, 6) is 0. The summed E-state index contributed by atoms with van der Waals surface area (Å²) in [5, 5.41) is 16.9. The zero-order valence-corrected chi connectivity index (χ0v) is 14.9. The maximum Gasteiger partial charge on any atom is 0.269 e. The number of allylic oxidation sites excluding steroid dienone is 2. The molecule has 0 atom stereocenters. The van der Waals surface area contributed by atoms with Gasteiger partial charge in [0, 0.05) is 23.3 Å². The zero-order valence-electron chi connectivity index (χ0n) is 11.6. The second kappa shape index (κ2) is 7.96. The van der Waals surface area contributed by atoms with Gasteiger partial charge in [-0.25, -0.2) is 0 Å². The van der Waals surface area contributed by atoms with Gasteiger partial charge in [-0.3, -0.25) is 15.1 Å². The van der Waals surface area contributed by atoms with Crippen LogP contribution >= 0.6 is 47.0 Å². The molecule has 8 heteroatoms. The van der Waals surface area contributed by atoms with Crippen LogP contribution in [-0.4, -0.2) is 11.1 Å². The first kappa shape index (κ1) is 16.5. The summed E-state index contributed by atoms with van der Waals surface area (Å²) in [4.78, 5) is 15.6. The highest BCUT2D eigenvalue weighted by Gasteiger charge is 2.16. The summed E-state index contributed by atoms with van der Waals surface area (Å²) in [5.41, 5.74) is 0.761. The molecule has 2 heterocycles. The molecule has 1 aromatic carbocycles. The van der Waals surface area contributed by atoms with E-state index >= 15 is 0 Å². The maximum atomic E-state index is 10.6. The Morgan fingerprint density at radius 3 is 2.48 bits per heavy atom. The predicted octanol–water partition coefficient (Wildman–Crippen LogP) is 6.25. The molecule has 0 radical (unpaired) electrons. The number of benzene rings is 1. The van der Waals surface area contributed by atoms with E-state index in [4.69, 9.17) is 0 Å². The molecule has 0 N–H and O–H groups in total. The van der Waals surface area contributed by atoms with Crippen LogP contribution in [0.25, 0.3) is 0 Å². The van der Waals surface area contributed by atoms with E-state index in [1.807, 2.05) is 12.2 Å². The molecule has 0 fully saturated rings. The molecule has 3 rings (SSSR count). The van der Waals surface area contributed by atoms with E-state index < -0.39 is 4.92 Å². The number of hydrogen-bond acceptors (Lipinski definition) is 7. The van der Waals surface area contributed by atoms with Crippen LogP contribution in [-0.2, 0) is 0 Å². The number of aliphatic imine (C=N–C) groups is 1. The van der Waals surface area contributed by atoms with Crippen LogP contribution in [0, 0.1) is 10.1 Å². The Morgan fingerprint density at radius 1 is 1.04 bits per heavy atom. The van der Waals surface area contributed by atoms with Crippen molar-refractivity contribution < 1.29 is 4.92 Å². The van der Waals surface area contributed by atoms with Gasteiger partial charge in [0.05, 0.1) is 19.1 Å². The van der Waals surface area contributed by atoms with Crippen molar-refractivity contribution in [2.45, 2.75) is 0 Å². The summed E-state index contributed by atoms with van der Waals surface area (Å²) in [6, 6.07) is 6.16. The van der Waals surface area contributed by atoms with Crippen molar-refractivity contribution in [2.24, 2.45) is 4.99 Å². The third-order valence-electron chi connectivity index (χ3n) is 2.70. The van der Waals surface area contributed by atoms with Gasteiger partial charge in [0.2, 0.25) is 0 Å². The smallest absolute Gasteiger partial charge is 0.258 e. The average Bonchev–Trinajstić information content (AvgIpc) is 3.23. The molecule has 4 nitrogen and oxygen atoms in total. The monoisotopic (exact) mass is 378 g/mol. The van der Waals surface area contributed by atoms with Crippen molar-refractivity contribution >= 4 is 64.6 Å². The first-order chi connectivity index (χ1) is 11.2. The van der Waals surface area contributed by atoms with Gasteiger partial charge in [0.25, 0.3) is 5.69 Å². The van der Waals surface area contributed by atoms with E-state index in [-0.39, 0.29) is 5.69 Å². The lowest BCUT2D eigenvalue weighted by Crippen LogP contribution is -1.85. The zero-order chi connectivity index (χ0) is 16.1. The van der Waals surface area contributed by atoms with Crippen LogP contribution in [0.1, 0.15) is 0 Å². The van der Waals surface area contributed by atoms with E-state index in [9.17, 15) is 10.1 Å². The minimum atomic E-state index is -0.419. The fraction of sp³-hybridized carbons (Fsp3) is 0. The summed E-state index contributed by atoms with van der Waals surface area (Å²) in [7, 11) is 0. The number of hydrogen-bond donors (Lipinski definition) is 0. The summed E-state index contributed by atoms with van der Waals surface area (Å²) in [6.07, 6.45) is 5.58. The standard InChI is InChI=1S/C15H10N2O2S4/c18-17(19)12-5-3-11(4-6-12)16-7-1-2-13-10-22-15(23-13)14-20-8-9-21-14/h1-10H/b2-1+,16-7?. The quantitative estimate of drug-likeness (QED) is 0.350. The second-order valence-electron chi connectivity index (χ2n) is 4.23. The fourth-order valence-corrected chi connectivity index (χ4v) is 6.02. The molecule has 0 amide bonds. The van der Waals surface area contributed by atoms with Gasteiger partial charge in [-0.1, -0.05) is 47.0 Å². The van der Waals surface area contributed by atoms with Gasteiger partial charge in [0.15, 0.2) is 0 Å².